The van der Waals surface area contributed by atoms with E-state index in [1.54, 1.807) is 6.07 Å². The number of nitrogens with zero attached hydrogens (tertiary/aromatic N) is 5. The van der Waals surface area contributed by atoms with Gasteiger partial charge in [0.2, 0.25) is 0 Å². The zero-order chi connectivity index (χ0) is 29.7. The van der Waals surface area contributed by atoms with Crippen molar-refractivity contribution in [2.45, 2.75) is 26.8 Å². The standard InChI is InChI=1S/C34H29ClN6O2/c1-4-43-29-18-22(15-17-28(29)42)31-30-21(3)39-41(24-10-6-5-7-11-24)33(30)38-34-32(36-23-16-14-20(2)25(35)19-23)37-26-12-8-9-13-27(26)40(31)34/h5-19,31,42H,4H2,1-3H3,(H,36,37)/t31-/m1/s1. The number of benzene rings is 4. The largest absolute Gasteiger partial charge is 0.504 e. The van der Waals surface area contributed by atoms with Crippen LogP contribution in [0, 0.1) is 13.8 Å². The van der Waals surface area contributed by atoms with Crippen LogP contribution in [0.5, 0.6) is 11.5 Å². The van der Waals surface area contributed by atoms with Crippen molar-refractivity contribution in [1.82, 2.24) is 9.78 Å². The minimum atomic E-state index is -0.352. The molecule has 1 atom stereocenters. The van der Waals surface area contributed by atoms with Crippen molar-refractivity contribution >= 4 is 46.2 Å². The molecule has 0 saturated heterocycles. The number of aromatic nitrogens is 2. The molecule has 0 saturated carbocycles. The van der Waals surface area contributed by atoms with Crippen LogP contribution in [0.4, 0.5) is 22.9 Å². The number of fused-ring (bicyclic) bond motifs is 4. The quantitative estimate of drug-likeness (QED) is 0.217. The van der Waals surface area contributed by atoms with Crippen LogP contribution in [0.15, 0.2) is 101 Å². The maximum atomic E-state index is 10.6. The number of anilines is 2. The third-order valence-electron chi connectivity index (χ3n) is 7.67. The van der Waals surface area contributed by atoms with E-state index < -0.39 is 0 Å². The molecule has 5 aromatic rings. The highest BCUT2D eigenvalue weighted by Crippen LogP contribution is 2.49. The van der Waals surface area contributed by atoms with Gasteiger partial charge in [-0.15, -0.1) is 0 Å². The molecule has 3 heterocycles. The van der Waals surface area contributed by atoms with Crippen molar-refractivity contribution in [1.29, 1.82) is 0 Å². The number of halogens is 1. The first-order valence-electron chi connectivity index (χ1n) is 14.1. The second-order valence-electron chi connectivity index (χ2n) is 10.5. The lowest BCUT2D eigenvalue weighted by Crippen LogP contribution is -2.46. The molecule has 0 bridgehead atoms. The summed E-state index contributed by atoms with van der Waals surface area (Å²) in [6.07, 6.45) is 0. The van der Waals surface area contributed by atoms with Gasteiger partial charge in [-0.2, -0.15) is 5.10 Å². The molecule has 9 heteroatoms. The number of hydrogen-bond donors (Lipinski definition) is 2. The fourth-order valence-electron chi connectivity index (χ4n) is 5.64. The van der Waals surface area contributed by atoms with Gasteiger partial charge in [0.15, 0.2) is 29.0 Å². The Morgan fingerprint density at radius 1 is 0.930 bits per heavy atom. The molecule has 2 N–H and O–H groups in total. The van der Waals surface area contributed by atoms with Gasteiger partial charge >= 0.3 is 0 Å². The molecule has 0 radical (unpaired) electrons. The summed E-state index contributed by atoms with van der Waals surface area (Å²) in [6.45, 7) is 6.31. The Labute approximate surface area is 254 Å². The average Bonchev–Trinajstić information content (AvgIpc) is 3.35. The molecule has 214 valence electrons. The second kappa shape index (κ2) is 10.6. The van der Waals surface area contributed by atoms with Crippen LogP contribution >= 0.6 is 11.6 Å². The van der Waals surface area contributed by atoms with Gasteiger partial charge in [0, 0.05) is 16.3 Å². The van der Waals surface area contributed by atoms with Crippen LogP contribution in [0.3, 0.4) is 0 Å². The van der Waals surface area contributed by atoms with Crippen molar-refractivity contribution in [3.05, 3.63) is 118 Å². The highest BCUT2D eigenvalue weighted by atomic mass is 35.5. The Hall–Kier alpha value is -5.08. The number of aromatic hydroxyl groups is 1. The monoisotopic (exact) mass is 588 g/mol. The number of nitrogens with one attached hydrogen (secondary N) is 1. The lowest BCUT2D eigenvalue weighted by atomic mass is 9.93. The van der Waals surface area contributed by atoms with Crippen molar-refractivity contribution in [2.75, 3.05) is 16.8 Å². The van der Waals surface area contributed by atoms with Gasteiger partial charge in [-0.3, -0.25) is 0 Å². The molecular formula is C34H29ClN6O2. The predicted molar refractivity (Wildman–Crippen MR) is 172 cm³/mol. The Morgan fingerprint density at radius 3 is 2.51 bits per heavy atom. The molecule has 0 spiro atoms. The van der Waals surface area contributed by atoms with Crippen LogP contribution in [-0.2, 0) is 0 Å². The van der Waals surface area contributed by atoms with E-state index in [0.29, 0.717) is 34.9 Å². The Morgan fingerprint density at radius 2 is 1.72 bits per heavy atom. The number of amidine groups is 2. The molecule has 2 aliphatic rings. The number of ether oxygens (including phenoxy) is 1. The van der Waals surface area contributed by atoms with E-state index in [-0.39, 0.29) is 11.8 Å². The van der Waals surface area contributed by atoms with Crippen molar-refractivity contribution in [3.8, 4) is 17.2 Å². The Bertz CT molecular complexity index is 1930. The molecule has 1 aromatic heterocycles. The summed E-state index contributed by atoms with van der Waals surface area (Å²) in [5.74, 6) is 2.44. The molecule has 0 unspecified atom stereocenters. The van der Waals surface area contributed by atoms with E-state index in [2.05, 4.69) is 10.2 Å². The first-order valence-corrected chi connectivity index (χ1v) is 14.5. The van der Waals surface area contributed by atoms with Crippen molar-refractivity contribution < 1.29 is 9.84 Å². The summed E-state index contributed by atoms with van der Waals surface area (Å²) < 4.78 is 7.70. The minimum Gasteiger partial charge on any atom is -0.504 e. The van der Waals surface area contributed by atoms with Gasteiger partial charge in [-0.05, 0) is 80.4 Å². The van der Waals surface area contributed by atoms with Crippen molar-refractivity contribution in [2.24, 2.45) is 9.98 Å². The van der Waals surface area contributed by atoms with Gasteiger partial charge in [0.25, 0.3) is 0 Å². The highest BCUT2D eigenvalue weighted by Gasteiger charge is 2.41. The molecule has 4 aromatic carbocycles. The molecule has 7 rings (SSSR count). The summed E-state index contributed by atoms with van der Waals surface area (Å²) in [5.41, 5.74) is 7.11. The maximum Gasteiger partial charge on any atom is 0.179 e. The Kier molecular flexibility index (Phi) is 6.63. The summed E-state index contributed by atoms with van der Waals surface area (Å²) >= 11 is 6.50. The summed E-state index contributed by atoms with van der Waals surface area (Å²) in [6, 6.07) is 29.0. The lowest BCUT2D eigenvalue weighted by Gasteiger charge is -2.40. The maximum absolute atomic E-state index is 10.6. The highest BCUT2D eigenvalue weighted by molar-refractivity contribution is 6.51. The molecular weight excluding hydrogens is 560 g/mol. The summed E-state index contributed by atoms with van der Waals surface area (Å²) in [4.78, 5) is 12.5. The summed E-state index contributed by atoms with van der Waals surface area (Å²) in [7, 11) is 0. The number of aliphatic imine (C=N–C) groups is 2. The molecule has 2 aliphatic heterocycles. The van der Waals surface area contributed by atoms with Crippen molar-refractivity contribution in [3.63, 3.8) is 0 Å². The minimum absolute atomic E-state index is 0.0893. The normalized spacial score (nSPS) is 15.2. The number of rotatable bonds is 5. The summed E-state index contributed by atoms with van der Waals surface area (Å²) in [5, 5.41) is 19.7. The van der Waals surface area contributed by atoms with Gasteiger partial charge in [-0.1, -0.05) is 54.1 Å². The van der Waals surface area contributed by atoms with Crippen LogP contribution < -0.4 is 15.0 Å². The molecule has 0 amide bonds. The van der Waals surface area contributed by atoms with Crippen LogP contribution in [0.1, 0.15) is 35.3 Å². The van der Waals surface area contributed by atoms with E-state index in [9.17, 15) is 5.11 Å². The number of hydrogen-bond acceptors (Lipinski definition) is 7. The predicted octanol–water partition coefficient (Wildman–Crippen LogP) is 8.04. The molecule has 0 fully saturated rings. The zero-order valence-electron chi connectivity index (χ0n) is 23.9. The van der Waals surface area contributed by atoms with Gasteiger partial charge in [0.05, 0.1) is 35.4 Å². The number of phenols is 1. The van der Waals surface area contributed by atoms with Crippen LogP contribution in [0.2, 0.25) is 5.02 Å². The van der Waals surface area contributed by atoms with Gasteiger partial charge < -0.3 is 20.1 Å². The second-order valence-corrected chi connectivity index (χ2v) is 10.9. The first kappa shape index (κ1) is 26.8. The first-order chi connectivity index (χ1) is 20.9. The van der Waals surface area contributed by atoms with E-state index in [0.717, 1.165) is 45.1 Å². The average molecular weight is 589 g/mol. The molecule has 0 aliphatic carbocycles. The molecule has 8 nitrogen and oxygen atoms in total. The lowest BCUT2D eigenvalue weighted by molar-refractivity contribution is 0.317. The van der Waals surface area contributed by atoms with E-state index in [1.807, 2.05) is 110 Å². The van der Waals surface area contributed by atoms with E-state index in [1.165, 1.54) is 0 Å². The number of aryl methyl sites for hydroxylation is 2. The van der Waals surface area contributed by atoms with Gasteiger partial charge in [0.1, 0.15) is 0 Å². The number of para-hydroxylation sites is 3. The Balaban J connectivity index is 1.49. The van der Waals surface area contributed by atoms with E-state index in [4.69, 9.17) is 31.4 Å². The zero-order valence-corrected chi connectivity index (χ0v) is 24.7. The molecule has 43 heavy (non-hydrogen) atoms. The SMILES string of the molecule is CCOc1cc([C@@H]2c3c(C)nn(-c4ccccc4)c3N=C3C(Nc4ccc(C)c(Cl)c4)=Nc4ccccc4N32)ccc1O. The topological polar surface area (TPSA) is 87.3 Å². The van der Waals surface area contributed by atoms with E-state index >= 15 is 0 Å². The third-order valence-corrected chi connectivity index (χ3v) is 8.08. The van der Waals surface area contributed by atoms with Gasteiger partial charge in [-0.25, -0.2) is 14.7 Å². The number of phenolic OH excluding ortho intramolecular Hbond substituents is 1. The smallest absolute Gasteiger partial charge is 0.179 e. The fraction of sp³-hybridized carbons (Fsp3) is 0.147. The van der Waals surface area contributed by atoms with Crippen LogP contribution in [0.25, 0.3) is 5.69 Å². The third kappa shape index (κ3) is 4.60. The van der Waals surface area contributed by atoms with Crippen LogP contribution in [-0.4, -0.2) is 33.2 Å². The fourth-order valence-corrected chi connectivity index (χ4v) is 5.82.